The van der Waals surface area contributed by atoms with Gasteiger partial charge in [-0.15, -0.1) is 0 Å². The van der Waals surface area contributed by atoms with Crippen molar-refractivity contribution in [3.63, 3.8) is 0 Å². The van der Waals surface area contributed by atoms with E-state index in [2.05, 4.69) is 10.1 Å². The summed E-state index contributed by atoms with van der Waals surface area (Å²) in [6.45, 7) is 11.2. The van der Waals surface area contributed by atoms with E-state index >= 15 is 0 Å². The molecule has 0 bridgehead atoms. The minimum atomic E-state index is -0.124. The molecule has 0 aliphatic heterocycles. The van der Waals surface area contributed by atoms with E-state index in [1.54, 1.807) is 4.57 Å². The van der Waals surface area contributed by atoms with Crippen molar-refractivity contribution in [2.75, 3.05) is 6.61 Å². The Hall–Kier alpha value is -2.19. The zero-order chi connectivity index (χ0) is 21.0. The van der Waals surface area contributed by atoms with Gasteiger partial charge in [0.1, 0.15) is 0 Å². The topological polar surface area (TPSA) is 83.0 Å². The molecule has 0 unspecified atom stereocenters. The molecule has 0 N–H and O–H groups in total. The molecule has 7 nitrogen and oxygen atoms in total. The Morgan fingerprint density at radius 1 is 1.14 bits per heavy atom. The van der Waals surface area contributed by atoms with Gasteiger partial charge in [0.25, 0.3) is 5.56 Å². The van der Waals surface area contributed by atoms with Crippen molar-refractivity contribution in [3.05, 3.63) is 46.3 Å². The van der Waals surface area contributed by atoms with Crippen LogP contribution in [0.15, 0.2) is 38.7 Å². The fourth-order valence-corrected chi connectivity index (χ4v) is 3.80. The summed E-state index contributed by atoms with van der Waals surface area (Å²) in [5, 5.41) is 5.18. The average Bonchev–Trinajstić information content (AvgIpc) is 3.17. The molecule has 1 aromatic carbocycles. The first-order valence-corrected chi connectivity index (χ1v) is 10.9. The molecule has 1 atom stereocenters. The number of ether oxygens (including phenoxy) is 1. The van der Waals surface area contributed by atoms with Gasteiger partial charge in [0.15, 0.2) is 11.0 Å². The SMILES string of the molecule is CC(C)OCCCn1c(S[C@H](C)c2nc(C(C)C)no2)nc2ccccc2c1=O. The highest BCUT2D eigenvalue weighted by atomic mass is 32.2. The van der Waals surface area contributed by atoms with Crippen LogP contribution in [0.1, 0.15) is 63.9 Å². The monoisotopic (exact) mass is 416 g/mol. The highest BCUT2D eigenvalue weighted by molar-refractivity contribution is 7.99. The van der Waals surface area contributed by atoms with Crippen LogP contribution in [0.2, 0.25) is 0 Å². The van der Waals surface area contributed by atoms with Crippen molar-refractivity contribution in [2.24, 2.45) is 0 Å². The van der Waals surface area contributed by atoms with Gasteiger partial charge in [-0.3, -0.25) is 9.36 Å². The molecule has 29 heavy (non-hydrogen) atoms. The lowest BCUT2D eigenvalue weighted by atomic mass is 10.2. The van der Waals surface area contributed by atoms with Gasteiger partial charge >= 0.3 is 0 Å². The van der Waals surface area contributed by atoms with E-state index in [0.29, 0.717) is 40.9 Å². The summed E-state index contributed by atoms with van der Waals surface area (Å²) in [5.41, 5.74) is 0.651. The van der Waals surface area contributed by atoms with Crippen LogP contribution in [-0.4, -0.2) is 32.4 Å². The van der Waals surface area contributed by atoms with E-state index in [-0.39, 0.29) is 22.8 Å². The molecule has 2 heterocycles. The van der Waals surface area contributed by atoms with Gasteiger partial charge < -0.3 is 9.26 Å². The molecule has 0 spiro atoms. The average molecular weight is 417 g/mol. The number of para-hydroxylation sites is 1. The minimum Gasteiger partial charge on any atom is -0.379 e. The summed E-state index contributed by atoms with van der Waals surface area (Å²) >= 11 is 1.46. The second-order valence-corrected chi connectivity index (χ2v) is 8.85. The number of hydrogen-bond donors (Lipinski definition) is 0. The van der Waals surface area contributed by atoms with Crippen LogP contribution in [0.3, 0.4) is 0 Å². The van der Waals surface area contributed by atoms with Gasteiger partial charge in [0.05, 0.1) is 22.3 Å². The lowest BCUT2D eigenvalue weighted by Gasteiger charge is -2.15. The van der Waals surface area contributed by atoms with E-state index in [1.165, 1.54) is 11.8 Å². The Morgan fingerprint density at radius 3 is 2.59 bits per heavy atom. The summed E-state index contributed by atoms with van der Waals surface area (Å²) in [5.74, 6) is 1.42. The third kappa shape index (κ3) is 5.25. The third-order valence-corrected chi connectivity index (χ3v) is 5.49. The van der Waals surface area contributed by atoms with Crippen molar-refractivity contribution in [2.45, 2.75) is 70.0 Å². The highest BCUT2D eigenvalue weighted by Gasteiger charge is 2.20. The van der Waals surface area contributed by atoms with E-state index in [9.17, 15) is 4.79 Å². The molecule has 0 radical (unpaired) electrons. The second-order valence-electron chi connectivity index (χ2n) is 7.55. The van der Waals surface area contributed by atoms with E-state index in [4.69, 9.17) is 14.2 Å². The van der Waals surface area contributed by atoms with Crippen molar-refractivity contribution in [3.8, 4) is 0 Å². The van der Waals surface area contributed by atoms with E-state index in [1.807, 2.05) is 58.9 Å². The summed E-state index contributed by atoms with van der Waals surface area (Å²) in [7, 11) is 0. The van der Waals surface area contributed by atoms with E-state index in [0.717, 1.165) is 6.42 Å². The Bertz CT molecular complexity index is 1010. The maximum absolute atomic E-state index is 13.1. The molecular weight excluding hydrogens is 388 g/mol. The molecule has 0 saturated carbocycles. The summed E-state index contributed by atoms with van der Waals surface area (Å²) in [6.07, 6.45) is 0.904. The van der Waals surface area contributed by atoms with Crippen molar-refractivity contribution < 1.29 is 9.26 Å². The Balaban J connectivity index is 1.89. The van der Waals surface area contributed by atoms with Crippen molar-refractivity contribution in [1.29, 1.82) is 0 Å². The van der Waals surface area contributed by atoms with Crippen LogP contribution >= 0.6 is 11.8 Å². The Kier molecular flexibility index (Phi) is 7.08. The van der Waals surface area contributed by atoms with Gasteiger partial charge in [-0.05, 0) is 39.3 Å². The molecule has 0 fully saturated rings. The normalized spacial score (nSPS) is 12.9. The van der Waals surface area contributed by atoms with Crippen LogP contribution in [0.5, 0.6) is 0 Å². The zero-order valence-electron chi connectivity index (χ0n) is 17.6. The lowest BCUT2D eigenvalue weighted by Crippen LogP contribution is -2.24. The molecule has 0 aliphatic rings. The first-order valence-electron chi connectivity index (χ1n) is 9.98. The molecule has 3 rings (SSSR count). The number of nitrogens with zero attached hydrogens (tertiary/aromatic N) is 4. The van der Waals surface area contributed by atoms with Gasteiger partial charge in [-0.1, -0.05) is 42.9 Å². The molecule has 0 saturated heterocycles. The van der Waals surface area contributed by atoms with Crippen LogP contribution in [0.4, 0.5) is 0 Å². The number of rotatable bonds is 9. The predicted octanol–water partition coefficient (Wildman–Crippen LogP) is 4.57. The fraction of sp³-hybridized carbons (Fsp3) is 0.524. The largest absolute Gasteiger partial charge is 0.379 e. The van der Waals surface area contributed by atoms with Crippen LogP contribution in [-0.2, 0) is 11.3 Å². The maximum atomic E-state index is 13.1. The van der Waals surface area contributed by atoms with E-state index < -0.39 is 0 Å². The number of thioether (sulfide) groups is 1. The summed E-state index contributed by atoms with van der Waals surface area (Å²) < 4.78 is 12.8. The van der Waals surface area contributed by atoms with Crippen molar-refractivity contribution in [1.82, 2.24) is 19.7 Å². The first-order chi connectivity index (χ1) is 13.9. The number of fused-ring (bicyclic) bond motifs is 1. The van der Waals surface area contributed by atoms with Gasteiger partial charge in [0, 0.05) is 19.1 Å². The molecular formula is C21H28N4O3S. The van der Waals surface area contributed by atoms with Gasteiger partial charge in [0.2, 0.25) is 5.89 Å². The van der Waals surface area contributed by atoms with Gasteiger partial charge in [-0.2, -0.15) is 4.98 Å². The second kappa shape index (κ2) is 9.54. The Labute approximate surface area is 174 Å². The smallest absolute Gasteiger partial charge is 0.262 e. The lowest BCUT2D eigenvalue weighted by molar-refractivity contribution is 0.0743. The third-order valence-electron chi connectivity index (χ3n) is 4.41. The number of hydrogen-bond acceptors (Lipinski definition) is 7. The summed E-state index contributed by atoms with van der Waals surface area (Å²) in [6, 6.07) is 7.43. The molecule has 2 aromatic heterocycles. The molecule has 0 aliphatic carbocycles. The zero-order valence-corrected chi connectivity index (χ0v) is 18.4. The van der Waals surface area contributed by atoms with Crippen molar-refractivity contribution >= 4 is 22.7 Å². The Morgan fingerprint density at radius 2 is 1.90 bits per heavy atom. The predicted molar refractivity (Wildman–Crippen MR) is 114 cm³/mol. The van der Waals surface area contributed by atoms with Crippen LogP contribution in [0.25, 0.3) is 10.9 Å². The standard InChI is InChI=1S/C21H28N4O3S/c1-13(2)18-23-19(28-24-18)15(5)29-21-22-17-10-7-6-9-16(17)20(26)25(21)11-8-12-27-14(3)4/h6-7,9-10,13-15H,8,11-12H2,1-5H3/t15-/m1/s1. The molecule has 8 heteroatoms. The minimum absolute atomic E-state index is 0.0387. The quantitative estimate of drug-likeness (QED) is 0.287. The molecule has 0 amide bonds. The summed E-state index contributed by atoms with van der Waals surface area (Å²) in [4.78, 5) is 22.3. The molecule has 3 aromatic rings. The number of aromatic nitrogens is 4. The van der Waals surface area contributed by atoms with Crippen LogP contribution in [0, 0.1) is 0 Å². The first kappa shape index (κ1) is 21.5. The maximum Gasteiger partial charge on any atom is 0.262 e. The molecule has 156 valence electrons. The van der Waals surface area contributed by atoms with Gasteiger partial charge in [-0.25, -0.2) is 4.98 Å². The van der Waals surface area contributed by atoms with Crippen LogP contribution < -0.4 is 5.56 Å². The highest BCUT2D eigenvalue weighted by Crippen LogP contribution is 2.33. The number of benzene rings is 1. The fourth-order valence-electron chi connectivity index (χ4n) is 2.83.